The van der Waals surface area contributed by atoms with Crippen LogP contribution in [-0.4, -0.2) is 35.0 Å². The number of hydrogen-bond donors (Lipinski definition) is 3. The van der Waals surface area contributed by atoms with Crippen molar-refractivity contribution in [1.82, 2.24) is 19.5 Å². The number of sulfonamides is 1. The van der Waals surface area contributed by atoms with Crippen molar-refractivity contribution in [3.05, 3.63) is 96.2 Å². The summed E-state index contributed by atoms with van der Waals surface area (Å²) in [6, 6.07) is 25.2. The highest BCUT2D eigenvalue weighted by atomic mass is 32.2. The van der Waals surface area contributed by atoms with E-state index in [-0.39, 0.29) is 5.75 Å². The first kappa shape index (κ1) is 26.1. The molecule has 39 heavy (non-hydrogen) atoms. The Kier molecular flexibility index (Phi) is 7.44. The Hall–Kier alpha value is -4.48. The molecular weight excluding hydrogens is 512 g/mol. The van der Waals surface area contributed by atoms with E-state index in [1.807, 2.05) is 36.2 Å². The van der Waals surface area contributed by atoms with Crippen LogP contribution in [0.5, 0.6) is 0 Å². The second kappa shape index (κ2) is 11.1. The first-order valence-electron chi connectivity index (χ1n) is 12.5. The van der Waals surface area contributed by atoms with Gasteiger partial charge in [-0.15, -0.1) is 0 Å². The number of aromatic nitrogens is 4. The highest BCUT2D eigenvalue weighted by Crippen LogP contribution is 2.28. The van der Waals surface area contributed by atoms with Gasteiger partial charge >= 0.3 is 0 Å². The molecule has 5 aromatic rings. The van der Waals surface area contributed by atoms with Gasteiger partial charge in [0.15, 0.2) is 0 Å². The van der Waals surface area contributed by atoms with Gasteiger partial charge in [0.2, 0.25) is 21.9 Å². The minimum atomic E-state index is -3.58. The first-order valence-corrected chi connectivity index (χ1v) is 14.2. The van der Waals surface area contributed by atoms with Gasteiger partial charge in [-0.25, -0.2) is 23.5 Å². The fourth-order valence-electron chi connectivity index (χ4n) is 4.33. The Labute approximate surface area is 227 Å². The standard InChI is InChI=1S/C28H30N8O2S/c1-3-36-25-14-13-23(17-24(25)33-28(36)31-18-20-7-5-4-6-8-20)35(2)26-15-16-30-27(34-26)32-22-11-9-21(10-12-22)19-39(29,37)38/h4-17H,3,18-19H2,1-2H3,(H,31,33)(H2,29,37,38)(H,30,32,34). The number of nitrogens with zero attached hydrogens (tertiary/aromatic N) is 5. The summed E-state index contributed by atoms with van der Waals surface area (Å²) in [6.45, 7) is 3.60. The first-order chi connectivity index (χ1) is 18.8. The van der Waals surface area contributed by atoms with E-state index in [0.29, 0.717) is 23.9 Å². The van der Waals surface area contributed by atoms with E-state index in [0.717, 1.165) is 34.9 Å². The van der Waals surface area contributed by atoms with Crippen molar-refractivity contribution in [2.45, 2.75) is 25.8 Å². The Morgan fingerprint density at radius 1 is 0.949 bits per heavy atom. The SMILES string of the molecule is CCn1c(NCc2ccccc2)nc2cc(N(C)c3ccnc(Nc4ccc(CS(N)(=O)=O)cc4)n3)ccc21. The summed E-state index contributed by atoms with van der Waals surface area (Å²) in [7, 11) is -1.64. The summed E-state index contributed by atoms with van der Waals surface area (Å²) in [4.78, 5) is 15.8. The van der Waals surface area contributed by atoms with Gasteiger partial charge in [0.05, 0.1) is 16.8 Å². The lowest BCUT2D eigenvalue weighted by molar-refractivity contribution is 0.597. The maximum absolute atomic E-state index is 11.3. The molecule has 11 heteroatoms. The molecule has 0 aliphatic carbocycles. The van der Waals surface area contributed by atoms with Crippen LogP contribution in [0.3, 0.4) is 0 Å². The minimum Gasteiger partial charge on any atom is -0.352 e. The maximum Gasteiger partial charge on any atom is 0.229 e. The Balaban J connectivity index is 1.33. The van der Waals surface area contributed by atoms with Gasteiger partial charge in [-0.1, -0.05) is 42.5 Å². The summed E-state index contributed by atoms with van der Waals surface area (Å²) in [6.07, 6.45) is 1.69. The van der Waals surface area contributed by atoms with Crippen molar-refractivity contribution < 1.29 is 8.42 Å². The number of fused-ring (bicyclic) bond motifs is 1. The third kappa shape index (κ3) is 6.33. The maximum atomic E-state index is 11.3. The predicted molar refractivity (Wildman–Crippen MR) is 156 cm³/mol. The van der Waals surface area contributed by atoms with Crippen LogP contribution >= 0.6 is 0 Å². The van der Waals surface area contributed by atoms with Gasteiger partial charge in [0.25, 0.3) is 0 Å². The zero-order valence-corrected chi connectivity index (χ0v) is 22.6. The van der Waals surface area contributed by atoms with E-state index < -0.39 is 10.0 Å². The van der Waals surface area contributed by atoms with Crippen LogP contribution in [0.25, 0.3) is 11.0 Å². The predicted octanol–water partition coefficient (Wildman–Crippen LogP) is 4.76. The van der Waals surface area contributed by atoms with Crippen LogP contribution in [0.1, 0.15) is 18.1 Å². The van der Waals surface area contributed by atoms with E-state index in [2.05, 4.69) is 62.4 Å². The zero-order valence-electron chi connectivity index (χ0n) is 21.7. The summed E-state index contributed by atoms with van der Waals surface area (Å²) >= 11 is 0. The molecule has 2 aromatic heterocycles. The van der Waals surface area contributed by atoms with Gasteiger partial charge in [-0.3, -0.25) is 0 Å². The summed E-state index contributed by atoms with van der Waals surface area (Å²) in [5.74, 6) is 1.74. The lowest BCUT2D eigenvalue weighted by Crippen LogP contribution is -2.14. The van der Waals surface area contributed by atoms with Gasteiger partial charge in [-0.05, 0) is 54.4 Å². The molecule has 10 nitrogen and oxygen atoms in total. The Bertz CT molecular complexity index is 1690. The second-order valence-corrected chi connectivity index (χ2v) is 10.7. The third-order valence-corrected chi connectivity index (χ3v) is 7.03. The lowest BCUT2D eigenvalue weighted by Gasteiger charge is -2.19. The second-order valence-electron chi connectivity index (χ2n) is 9.12. The minimum absolute atomic E-state index is 0.213. The van der Waals surface area contributed by atoms with Crippen LogP contribution in [0.4, 0.5) is 29.1 Å². The molecule has 2 heterocycles. The third-order valence-electron chi connectivity index (χ3n) is 6.29. The van der Waals surface area contributed by atoms with Crippen LogP contribution < -0.4 is 20.7 Å². The van der Waals surface area contributed by atoms with E-state index in [9.17, 15) is 8.42 Å². The number of rotatable bonds is 10. The monoisotopic (exact) mass is 542 g/mol. The molecule has 0 aliphatic rings. The molecule has 0 radical (unpaired) electrons. The number of hydrogen-bond acceptors (Lipinski definition) is 8. The fraction of sp³-hybridized carbons (Fsp3) is 0.179. The van der Waals surface area contributed by atoms with Crippen LogP contribution in [0, 0.1) is 0 Å². The molecule has 0 saturated carbocycles. The number of imidazole rings is 1. The molecule has 0 bridgehead atoms. The molecule has 3 aromatic carbocycles. The van der Waals surface area contributed by atoms with Crippen molar-refractivity contribution in [3.63, 3.8) is 0 Å². The van der Waals surface area contributed by atoms with Crippen molar-refractivity contribution in [1.29, 1.82) is 0 Å². The van der Waals surface area contributed by atoms with Crippen molar-refractivity contribution in [2.24, 2.45) is 5.14 Å². The van der Waals surface area contributed by atoms with Gasteiger partial charge < -0.3 is 20.1 Å². The molecular formula is C28H30N8O2S. The van der Waals surface area contributed by atoms with Crippen molar-refractivity contribution >= 4 is 50.1 Å². The molecule has 0 fully saturated rings. The molecule has 0 atom stereocenters. The molecule has 200 valence electrons. The molecule has 0 saturated heterocycles. The summed E-state index contributed by atoms with van der Waals surface area (Å²) in [5, 5.41) is 11.8. The largest absolute Gasteiger partial charge is 0.352 e. The smallest absolute Gasteiger partial charge is 0.229 e. The molecule has 5 rings (SSSR count). The van der Waals surface area contributed by atoms with E-state index >= 15 is 0 Å². The van der Waals surface area contributed by atoms with E-state index in [1.54, 1.807) is 30.5 Å². The van der Waals surface area contributed by atoms with Crippen molar-refractivity contribution in [2.75, 3.05) is 22.6 Å². The van der Waals surface area contributed by atoms with Crippen LogP contribution in [0.2, 0.25) is 0 Å². The molecule has 0 aliphatic heterocycles. The normalized spacial score (nSPS) is 11.5. The zero-order chi connectivity index (χ0) is 27.4. The lowest BCUT2D eigenvalue weighted by atomic mass is 10.2. The molecule has 0 spiro atoms. The van der Waals surface area contributed by atoms with E-state index in [4.69, 9.17) is 10.1 Å². The highest BCUT2D eigenvalue weighted by Gasteiger charge is 2.13. The summed E-state index contributed by atoms with van der Waals surface area (Å²) < 4.78 is 24.8. The average molecular weight is 543 g/mol. The van der Waals surface area contributed by atoms with Gasteiger partial charge in [0, 0.05) is 37.7 Å². The number of primary sulfonamides is 1. The fourth-order valence-corrected chi connectivity index (χ4v) is 4.99. The van der Waals surface area contributed by atoms with Crippen molar-refractivity contribution in [3.8, 4) is 0 Å². The summed E-state index contributed by atoms with van der Waals surface area (Å²) in [5.41, 5.74) is 5.42. The quantitative estimate of drug-likeness (QED) is 0.230. The number of nitrogens with one attached hydrogen (secondary N) is 2. The average Bonchev–Trinajstić information content (AvgIpc) is 3.29. The topological polar surface area (TPSA) is 131 Å². The van der Waals surface area contributed by atoms with Crippen LogP contribution in [0.15, 0.2) is 85.1 Å². The number of nitrogens with two attached hydrogens (primary N) is 1. The van der Waals surface area contributed by atoms with Crippen LogP contribution in [-0.2, 0) is 28.9 Å². The van der Waals surface area contributed by atoms with Gasteiger partial charge in [0.1, 0.15) is 5.82 Å². The Morgan fingerprint density at radius 3 is 2.44 bits per heavy atom. The van der Waals surface area contributed by atoms with E-state index in [1.165, 1.54) is 5.56 Å². The molecule has 4 N–H and O–H groups in total. The van der Waals surface area contributed by atoms with Gasteiger partial charge in [-0.2, -0.15) is 4.98 Å². The molecule has 0 unspecified atom stereocenters. The molecule has 0 amide bonds. The highest BCUT2D eigenvalue weighted by molar-refractivity contribution is 7.88. The number of anilines is 5. The number of benzene rings is 3. The number of aryl methyl sites for hydroxylation is 1. The Morgan fingerprint density at radius 2 is 1.72 bits per heavy atom.